The van der Waals surface area contributed by atoms with Gasteiger partial charge in [0.2, 0.25) is 5.79 Å². The van der Waals surface area contributed by atoms with Crippen LogP contribution in [-0.2, 0) is 19.2 Å². The van der Waals surface area contributed by atoms with Gasteiger partial charge in [-0.15, -0.1) is 0 Å². The van der Waals surface area contributed by atoms with Gasteiger partial charge in [0.15, 0.2) is 0 Å². The minimum atomic E-state index is -4.03. The van der Waals surface area contributed by atoms with Gasteiger partial charge in [-0.2, -0.15) is 8.42 Å². The predicted octanol–water partition coefficient (Wildman–Crippen LogP) is 1.10. The fourth-order valence-electron chi connectivity index (χ4n) is 1.97. The van der Waals surface area contributed by atoms with Crippen LogP contribution in [0.15, 0.2) is 18.2 Å². The Kier molecular flexibility index (Phi) is 3.92. The second-order valence-electron chi connectivity index (χ2n) is 4.79. The molecule has 1 unspecified atom stereocenters. The monoisotopic (exact) mass is 303 g/mol. The first kappa shape index (κ1) is 15.0. The number of rotatable bonds is 4. The van der Waals surface area contributed by atoms with Gasteiger partial charge in [0.25, 0.3) is 0 Å². The zero-order valence-corrected chi connectivity index (χ0v) is 12.3. The zero-order valence-electron chi connectivity index (χ0n) is 11.5. The topological polar surface area (TPSA) is 97.1 Å². The van der Waals surface area contributed by atoms with Gasteiger partial charge in [-0.1, -0.05) is 0 Å². The first-order valence-corrected chi connectivity index (χ1v) is 7.39. The van der Waals surface area contributed by atoms with Crippen molar-refractivity contribution in [1.82, 2.24) is 0 Å². The molecule has 1 aliphatic heterocycles. The van der Waals surface area contributed by atoms with Crippen LogP contribution >= 0.6 is 0 Å². The highest BCUT2D eigenvalue weighted by atomic mass is 32.2. The summed E-state index contributed by atoms with van der Waals surface area (Å²) >= 11 is 0. The number of hydrogen-bond donors (Lipinski definition) is 1. The van der Waals surface area contributed by atoms with Gasteiger partial charge < -0.3 is 14.2 Å². The molecule has 1 heterocycles. The van der Waals surface area contributed by atoms with Crippen LogP contribution in [0.2, 0.25) is 0 Å². The third kappa shape index (κ3) is 3.60. The lowest BCUT2D eigenvalue weighted by Gasteiger charge is -2.37. The Balaban J connectivity index is 2.32. The van der Waals surface area contributed by atoms with Crippen molar-refractivity contribution in [2.75, 3.05) is 13.7 Å². The molecular formula is C12H17NO6S. The van der Waals surface area contributed by atoms with Crippen molar-refractivity contribution in [2.45, 2.75) is 25.7 Å². The summed E-state index contributed by atoms with van der Waals surface area (Å²) in [7, 11) is -2.50. The molecule has 0 aliphatic carbocycles. The van der Waals surface area contributed by atoms with Crippen LogP contribution in [0.3, 0.4) is 0 Å². The van der Waals surface area contributed by atoms with Crippen molar-refractivity contribution < 1.29 is 26.8 Å². The maximum absolute atomic E-state index is 10.9. The molecule has 1 aromatic rings. The summed E-state index contributed by atoms with van der Waals surface area (Å²) in [5, 5.41) is 4.83. The van der Waals surface area contributed by atoms with Gasteiger partial charge in [-0.3, -0.25) is 4.18 Å². The van der Waals surface area contributed by atoms with E-state index >= 15 is 0 Å². The first-order valence-electron chi connectivity index (χ1n) is 5.92. The van der Waals surface area contributed by atoms with Crippen molar-refractivity contribution in [3.63, 3.8) is 0 Å². The molecule has 1 aliphatic rings. The fraction of sp³-hybridized carbons (Fsp3) is 0.500. The lowest BCUT2D eigenvalue weighted by atomic mass is 10.1. The van der Waals surface area contributed by atoms with Crippen molar-refractivity contribution in [1.29, 1.82) is 0 Å². The quantitative estimate of drug-likeness (QED) is 0.894. The van der Waals surface area contributed by atoms with E-state index in [1.54, 1.807) is 32.0 Å². The summed E-state index contributed by atoms with van der Waals surface area (Å²) in [6, 6.07) is 5.20. The predicted molar refractivity (Wildman–Crippen MR) is 70.6 cm³/mol. The molecule has 2 rings (SSSR count). The number of methoxy groups -OCH3 is 1. The third-order valence-electron chi connectivity index (χ3n) is 2.73. The average Bonchev–Trinajstić information content (AvgIpc) is 2.33. The molecule has 1 atom stereocenters. The summed E-state index contributed by atoms with van der Waals surface area (Å²) in [5.74, 6) is 0.301. The molecule has 0 aromatic heterocycles. The van der Waals surface area contributed by atoms with Gasteiger partial charge in [-0.05, 0) is 18.2 Å². The lowest BCUT2D eigenvalue weighted by Crippen LogP contribution is -2.39. The molecule has 0 spiro atoms. The number of ether oxygens (including phenoxy) is 3. The second kappa shape index (κ2) is 5.21. The fourth-order valence-corrected chi connectivity index (χ4v) is 2.29. The number of nitrogens with two attached hydrogens (primary N) is 1. The van der Waals surface area contributed by atoms with Gasteiger partial charge in [0, 0.05) is 19.4 Å². The van der Waals surface area contributed by atoms with Gasteiger partial charge in [0.05, 0.1) is 13.7 Å². The van der Waals surface area contributed by atoms with E-state index in [-0.39, 0.29) is 6.61 Å². The number of fused-ring (bicyclic) bond motifs is 1. The summed E-state index contributed by atoms with van der Waals surface area (Å²) in [6.07, 6.45) is -0.623. The molecule has 112 valence electrons. The molecular weight excluding hydrogens is 286 g/mol. The minimum Gasteiger partial charge on any atom is -0.497 e. The minimum absolute atomic E-state index is 0.230. The van der Waals surface area contributed by atoms with E-state index in [0.717, 1.165) is 0 Å². The van der Waals surface area contributed by atoms with Crippen LogP contribution in [0.25, 0.3) is 0 Å². The van der Waals surface area contributed by atoms with E-state index < -0.39 is 22.2 Å². The smallest absolute Gasteiger partial charge is 0.333 e. The number of benzene rings is 1. The first-order chi connectivity index (χ1) is 9.20. The van der Waals surface area contributed by atoms with E-state index in [0.29, 0.717) is 17.1 Å². The molecule has 0 fully saturated rings. The SMILES string of the molecule is COc1ccc2c(c1)C(COS(N)(=O)=O)OC(C)(C)O2. The van der Waals surface area contributed by atoms with Gasteiger partial charge in [0.1, 0.15) is 17.6 Å². The highest BCUT2D eigenvalue weighted by Gasteiger charge is 2.35. The number of hydrogen-bond acceptors (Lipinski definition) is 6. The maximum atomic E-state index is 10.9. The van der Waals surface area contributed by atoms with Crippen LogP contribution < -0.4 is 14.6 Å². The Morgan fingerprint density at radius 2 is 2.10 bits per heavy atom. The summed E-state index contributed by atoms with van der Waals surface area (Å²) < 4.78 is 42.9. The molecule has 8 heteroatoms. The highest BCUT2D eigenvalue weighted by molar-refractivity contribution is 7.84. The van der Waals surface area contributed by atoms with Crippen LogP contribution in [0.1, 0.15) is 25.5 Å². The maximum Gasteiger partial charge on any atom is 0.333 e. The van der Waals surface area contributed by atoms with Crippen molar-refractivity contribution in [2.24, 2.45) is 5.14 Å². The van der Waals surface area contributed by atoms with E-state index in [2.05, 4.69) is 4.18 Å². The molecule has 20 heavy (non-hydrogen) atoms. The Hall–Kier alpha value is -1.35. The molecule has 2 N–H and O–H groups in total. The van der Waals surface area contributed by atoms with Crippen molar-refractivity contribution in [3.8, 4) is 11.5 Å². The Labute approximate surface area is 117 Å². The standard InChI is InChI=1S/C12H17NO6S/c1-12(2)18-10-5-4-8(16-3)6-9(10)11(19-12)7-17-20(13,14)15/h4-6,11H,7H2,1-3H3,(H2,13,14,15). The van der Waals surface area contributed by atoms with Crippen LogP contribution in [0.5, 0.6) is 11.5 Å². The van der Waals surface area contributed by atoms with Crippen molar-refractivity contribution in [3.05, 3.63) is 23.8 Å². The van der Waals surface area contributed by atoms with Crippen LogP contribution in [0, 0.1) is 0 Å². The summed E-state index contributed by atoms with van der Waals surface area (Å²) in [6.45, 7) is 3.22. The molecule has 0 saturated carbocycles. The van der Waals surface area contributed by atoms with Crippen LogP contribution in [-0.4, -0.2) is 27.9 Å². The Morgan fingerprint density at radius 3 is 2.70 bits per heavy atom. The average molecular weight is 303 g/mol. The Bertz CT molecular complexity index is 598. The summed E-state index contributed by atoms with van der Waals surface area (Å²) in [5.41, 5.74) is 0.646. The molecule has 0 radical (unpaired) electrons. The second-order valence-corrected chi connectivity index (χ2v) is 6.01. The van der Waals surface area contributed by atoms with E-state index in [1.807, 2.05) is 0 Å². The summed E-state index contributed by atoms with van der Waals surface area (Å²) in [4.78, 5) is 0. The lowest BCUT2D eigenvalue weighted by molar-refractivity contribution is -0.212. The molecule has 7 nitrogen and oxygen atoms in total. The molecule has 1 aromatic carbocycles. The van der Waals surface area contributed by atoms with E-state index in [4.69, 9.17) is 19.3 Å². The van der Waals surface area contributed by atoms with Crippen LogP contribution in [0.4, 0.5) is 0 Å². The largest absolute Gasteiger partial charge is 0.497 e. The van der Waals surface area contributed by atoms with Gasteiger partial charge >= 0.3 is 10.3 Å². The highest BCUT2D eigenvalue weighted by Crippen LogP contribution is 2.40. The van der Waals surface area contributed by atoms with E-state index in [9.17, 15) is 8.42 Å². The Morgan fingerprint density at radius 1 is 1.40 bits per heavy atom. The third-order valence-corrected chi connectivity index (χ3v) is 3.19. The normalized spacial score (nSPS) is 20.9. The molecule has 0 saturated heterocycles. The van der Waals surface area contributed by atoms with Gasteiger partial charge in [-0.25, -0.2) is 5.14 Å². The zero-order chi connectivity index (χ0) is 15.0. The van der Waals surface area contributed by atoms with E-state index in [1.165, 1.54) is 7.11 Å². The van der Waals surface area contributed by atoms with Crippen molar-refractivity contribution >= 4 is 10.3 Å². The molecule has 0 amide bonds. The molecule has 0 bridgehead atoms.